The molecule has 100 valence electrons. The third kappa shape index (κ3) is 2.68. The lowest BCUT2D eigenvalue weighted by molar-refractivity contribution is -0.355. The van der Waals surface area contributed by atoms with Crippen molar-refractivity contribution in [3.8, 4) is 0 Å². The number of ether oxygens (including phenoxy) is 1. The maximum atomic E-state index is 12.3. The summed E-state index contributed by atoms with van der Waals surface area (Å²) in [5.74, 6) is -0.128. The van der Waals surface area contributed by atoms with Crippen LogP contribution in [0.2, 0.25) is 0 Å². The fraction of sp³-hybridized carbons (Fsp3) is 0.333. The number of halogens is 3. The van der Waals surface area contributed by atoms with Crippen LogP contribution >= 0.6 is 0 Å². The summed E-state index contributed by atoms with van der Waals surface area (Å²) in [5, 5.41) is 8.86. The van der Waals surface area contributed by atoms with Gasteiger partial charge in [-0.2, -0.15) is 0 Å². The molecule has 9 heteroatoms. The first-order valence-corrected chi connectivity index (χ1v) is 4.60. The smallest absolute Gasteiger partial charge is 0.481 e. The molecule has 0 spiro atoms. The summed E-state index contributed by atoms with van der Waals surface area (Å²) in [7, 11) is 0. The Morgan fingerprint density at radius 2 is 2.00 bits per heavy atom. The number of hydrazine groups is 1. The number of nitrogens with one attached hydrogen (secondary N) is 1. The van der Waals surface area contributed by atoms with Gasteiger partial charge in [-0.3, -0.25) is 19.8 Å². The first-order valence-electron chi connectivity index (χ1n) is 4.60. The summed E-state index contributed by atoms with van der Waals surface area (Å²) < 4.78 is 40.7. The van der Waals surface area contributed by atoms with E-state index in [-0.39, 0.29) is 0 Å². The fourth-order valence-electron chi connectivity index (χ4n) is 1.55. The van der Waals surface area contributed by atoms with Crippen LogP contribution in [0.25, 0.3) is 0 Å². The third-order valence-electron chi connectivity index (χ3n) is 2.26. The summed E-state index contributed by atoms with van der Waals surface area (Å²) >= 11 is 0. The largest absolute Gasteiger partial charge is 0.523 e. The minimum Gasteiger partial charge on any atom is -0.481 e. The summed E-state index contributed by atoms with van der Waals surface area (Å²) in [6, 6.07) is 0. The van der Waals surface area contributed by atoms with Gasteiger partial charge in [0.25, 0.3) is 5.91 Å². The van der Waals surface area contributed by atoms with Gasteiger partial charge in [-0.1, -0.05) is 18.2 Å². The van der Waals surface area contributed by atoms with Gasteiger partial charge in [0, 0.05) is 0 Å². The molecule has 0 saturated heterocycles. The van der Waals surface area contributed by atoms with Crippen LogP contribution < -0.4 is 11.3 Å². The van der Waals surface area contributed by atoms with Crippen molar-refractivity contribution in [3.63, 3.8) is 0 Å². The van der Waals surface area contributed by atoms with Crippen LogP contribution in [0.5, 0.6) is 0 Å². The van der Waals surface area contributed by atoms with Crippen molar-refractivity contribution in [2.45, 2.75) is 12.0 Å². The number of hydrogen-bond donors (Lipinski definition) is 3. The SMILES string of the molecule is NNC(=O)[C@@]1(OC(F)(F)F)C=CC=C[C@@H]1C(=O)O. The molecular formula is C9H9F3N2O4. The molecule has 0 radical (unpaired) electrons. The number of carboxylic acids is 1. The quantitative estimate of drug-likeness (QED) is 0.381. The van der Waals surface area contributed by atoms with Crippen LogP contribution in [0.3, 0.4) is 0 Å². The predicted molar refractivity (Wildman–Crippen MR) is 51.6 cm³/mol. The Kier molecular flexibility index (Phi) is 3.77. The third-order valence-corrected chi connectivity index (χ3v) is 2.26. The molecule has 0 fully saturated rings. The van der Waals surface area contributed by atoms with Crippen molar-refractivity contribution in [1.82, 2.24) is 5.43 Å². The van der Waals surface area contributed by atoms with E-state index in [0.29, 0.717) is 6.08 Å². The number of alkyl halides is 3. The maximum absolute atomic E-state index is 12.3. The standard InChI is InChI=1S/C9H9F3N2O4/c10-9(11,12)18-8(7(17)14-13)4-2-1-3-5(8)6(15)16/h1-5H,13H2,(H,14,17)(H,15,16)/t5-,8-/m1/s1. The molecule has 0 aliphatic heterocycles. The molecule has 0 aromatic rings. The number of carbonyl (C=O) groups is 2. The van der Waals surface area contributed by atoms with Crippen molar-refractivity contribution in [2.24, 2.45) is 11.8 Å². The molecule has 0 unspecified atom stereocenters. The Balaban J connectivity index is 3.26. The van der Waals surface area contributed by atoms with Crippen LogP contribution in [0.15, 0.2) is 24.3 Å². The van der Waals surface area contributed by atoms with Crippen LogP contribution in [-0.2, 0) is 14.3 Å². The summed E-state index contributed by atoms with van der Waals surface area (Å²) in [5.41, 5.74) is -1.29. The molecule has 0 aromatic heterocycles. The summed E-state index contributed by atoms with van der Waals surface area (Å²) in [6.45, 7) is 0. The number of rotatable bonds is 3. The Bertz CT molecular complexity index is 419. The van der Waals surface area contributed by atoms with Gasteiger partial charge in [0.2, 0.25) is 0 Å². The normalized spacial score (nSPS) is 27.0. The number of carbonyl (C=O) groups excluding carboxylic acids is 1. The van der Waals surface area contributed by atoms with E-state index < -0.39 is 29.8 Å². The van der Waals surface area contributed by atoms with Crippen LogP contribution in [0.4, 0.5) is 13.2 Å². The van der Waals surface area contributed by atoms with Crippen LogP contribution in [-0.4, -0.2) is 28.9 Å². The molecule has 0 saturated carbocycles. The zero-order valence-corrected chi connectivity index (χ0v) is 8.77. The zero-order valence-electron chi connectivity index (χ0n) is 8.77. The second-order valence-corrected chi connectivity index (χ2v) is 3.37. The van der Waals surface area contributed by atoms with E-state index >= 15 is 0 Å². The van der Waals surface area contributed by atoms with E-state index in [4.69, 9.17) is 10.9 Å². The molecule has 6 nitrogen and oxygen atoms in total. The van der Waals surface area contributed by atoms with Crippen molar-refractivity contribution in [1.29, 1.82) is 0 Å². The first kappa shape index (κ1) is 14.2. The number of hydrogen-bond acceptors (Lipinski definition) is 4. The Labute approximate surface area is 98.9 Å². The highest BCUT2D eigenvalue weighted by atomic mass is 19.4. The minimum atomic E-state index is -5.20. The molecule has 1 aliphatic rings. The van der Waals surface area contributed by atoms with E-state index in [2.05, 4.69) is 4.74 Å². The Morgan fingerprint density at radius 3 is 2.44 bits per heavy atom. The molecule has 0 bridgehead atoms. The molecule has 1 amide bonds. The second-order valence-electron chi connectivity index (χ2n) is 3.37. The van der Waals surface area contributed by atoms with Gasteiger partial charge < -0.3 is 5.11 Å². The molecular weight excluding hydrogens is 257 g/mol. The lowest BCUT2D eigenvalue weighted by Gasteiger charge is -2.34. The van der Waals surface area contributed by atoms with Crippen molar-refractivity contribution < 1.29 is 32.6 Å². The number of amides is 1. The number of carboxylic acid groups (broad SMARTS) is 1. The molecule has 0 aromatic carbocycles. The zero-order chi connectivity index (χ0) is 14.0. The highest BCUT2D eigenvalue weighted by Gasteiger charge is 2.54. The van der Waals surface area contributed by atoms with E-state index in [0.717, 1.165) is 12.2 Å². The van der Waals surface area contributed by atoms with Gasteiger partial charge in [0.05, 0.1) is 0 Å². The second kappa shape index (κ2) is 4.78. The average Bonchev–Trinajstić information content (AvgIpc) is 2.25. The highest BCUT2D eigenvalue weighted by Crippen LogP contribution is 2.35. The van der Waals surface area contributed by atoms with Crippen molar-refractivity contribution in [3.05, 3.63) is 24.3 Å². The van der Waals surface area contributed by atoms with Gasteiger partial charge in [0.15, 0.2) is 5.60 Å². The number of allylic oxidation sites excluding steroid dienone is 2. The average molecular weight is 266 g/mol. The van der Waals surface area contributed by atoms with E-state index in [1.54, 1.807) is 0 Å². The molecule has 4 N–H and O–H groups in total. The maximum Gasteiger partial charge on any atom is 0.523 e. The number of aliphatic carboxylic acids is 1. The van der Waals surface area contributed by atoms with E-state index in [1.165, 1.54) is 11.5 Å². The molecule has 18 heavy (non-hydrogen) atoms. The molecule has 2 atom stereocenters. The number of nitrogens with two attached hydrogens (primary N) is 1. The first-order chi connectivity index (χ1) is 8.23. The Morgan fingerprint density at radius 1 is 1.39 bits per heavy atom. The lowest BCUT2D eigenvalue weighted by atomic mass is 9.83. The van der Waals surface area contributed by atoms with Crippen molar-refractivity contribution in [2.75, 3.05) is 0 Å². The lowest BCUT2D eigenvalue weighted by Crippen LogP contribution is -2.58. The predicted octanol–water partition coefficient (Wildman–Crippen LogP) is 0.0783. The van der Waals surface area contributed by atoms with E-state index in [1.807, 2.05) is 0 Å². The monoisotopic (exact) mass is 266 g/mol. The van der Waals surface area contributed by atoms with Gasteiger partial charge in [-0.05, 0) is 6.08 Å². The molecule has 1 rings (SSSR count). The molecule has 1 aliphatic carbocycles. The van der Waals surface area contributed by atoms with Gasteiger partial charge in [-0.25, -0.2) is 5.84 Å². The highest BCUT2D eigenvalue weighted by molar-refractivity contribution is 5.94. The van der Waals surface area contributed by atoms with Gasteiger partial charge >= 0.3 is 12.3 Å². The van der Waals surface area contributed by atoms with Gasteiger partial charge in [-0.15, -0.1) is 13.2 Å². The topological polar surface area (TPSA) is 102 Å². The Hall–Kier alpha value is -1.87. The summed E-state index contributed by atoms with van der Waals surface area (Å²) in [4.78, 5) is 22.4. The van der Waals surface area contributed by atoms with Gasteiger partial charge in [0.1, 0.15) is 5.92 Å². The van der Waals surface area contributed by atoms with Crippen molar-refractivity contribution >= 4 is 11.9 Å². The van der Waals surface area contributed by atoms with Crippen LogP contribution in [0.1, 0.15) is 0 Å². The molecule has 0 heterocycles. The summed E-state index contributed by atoms with van der Waals surface area (Å²) in [6.07, 6.45) is -1.33. The fourth-order valence-corrected chi connectivity index (χ4v) is 1.55. The minimum absolute atomic E-state index is 0.696. The van der Waals surface area contributed by atoms with Crippen LogP contribution in [0, 0.1) is 5.92 Å². The van der Waals surface area contributed by atoms with E-state index in [9.17, 15) is 22.8 Å².